The van der Waals surface area contributed by atoms with Crippen LogP contribution >= 0.6 is 0 Å². The summed E-state index contributed by atoms with van der Waals surface area (Å²) in [5, 5.41) is 4.13. The monoisotopic (exact) mass is 265 g/mol. The Kier molecular flexibility index (Phi) is 4.13. The van der Waals surface area contributed by atoms with Gasteiger partial charge in [-0.1, -0.05) is 5.16 Å². The molecular weight excluding hydrogens is 242 g/mol. The number of rotatable bonds is 4. The summed E-state index contributed by atoms with van der Waals surface area (Å²) in [6, 6.07) is 0. The Hall–Kier alpha value is -0.940. The van der Waals surface area contributed by atoms with Crippen molar-refractivity contribution < 1.29 is 9.26 Å². The minimum Gasteiger partial charge on any atom is -0.381 e. The highest BCUT2D eigenvalue weighted by atomic mass is 16.5. The van der Waals surface area contributed by atoms with Gasteiger partial charge in [0.1, 0.15) is 0 Å². The Labute approximate surface area is 113 Å². The summed E-state index contributed by atoms with van der Waals surface area (Å²) in [6.07, 6.45) is 6.66. The SMILES string of the molecule is NCC1CCC(c2nc(CC3CCOC3)no2)CC1. The van der Waals surface area contributed by atoms with Crippen molar-refractivity contribution in [3.8, 4) is 0 Å². The molecule has 1 saturated carbocycles. The van der Waals surface area contributed by atoms with E-state index in [2.05, 4.69) is 10.1 Å². The summed E-state index contributed by atoms with van der Waals surface area (Å²) >= 11 is 0. The second-order valence-corrected chi connectivity index (χ2v) is 5.94. The van der Waals surface area contributed by atoms with Crippen molar-refractivity contribution in [2.75, 3.05) is 19.8 Å². The molecule has 1 saturated heterocycles. The maximum atomic E-state index is 5.72. The minimum atomic E-state index is 0.448. The summed E-state index contributed by atoms with van der Waals surface area (Å²) < 4.78 is 10.8. The van der Waals surface area contributed by atoms with Crippen LogP contribution in [0.4, 0.5) is 0 Å². The highest BCUT2D eigenvalue weighted by Crippen LogP contribution is 2.34. The molecule has 0 spiro atoms. The first-order valence-corrected chi connectivity index (χ1v) is 7.45. The van der Waals surface area contributed by atoms with Crippen molar-refractivity contribution in [2.24, 2.45) is 17.6 Å². The molecule has 5 nitrogen and oxygen atoms in total. The van der Waals surface area contributed by atoms with E-state index in [9.17, 15) is 0 Å². The van der Waals surface area contributed by atoms with Crippen molar-refractivity contribution >= 4 is 0 Å². The Bertz CT molecular complexity index is 393. The predicted octanol–water partition coefficient (Wildman–Crippen LogP) is 1.88. The molecule has 0 radical (unpaired) electrons. The standard InChI is InChI=1S/C14H23N3O2/c15-8-10-1-3-12(4-2-10)14-16-13(17-19-14)7-11-5-6-18-9-11/h10-12H,1-9,15H2. The number of hydrogen-bond acceptors (Lipinski definition) is 5. The second kappa shape index (κ2) is 6.01. The van der Waals surface area contributed by atoms with Crippen LogP contribution in [0, 0.1) is 11.8 Å². The summed E-state index contributed by atoms with van der Waals surface area (Å²) in [5.41, 5.74) is 5.72. The molecule has 106 valence electrons. The van der Waals surface area contributed by atoms with Crippen LogP contribution < -0.4 is 5.73 Å². The van der Waals surface area contributed by atoms with Crippen molar-refractivity contribution in [1.82, 2.24) is 10.1 Å². The van der Waals surface area contributed by atoms with Gasteiger partial charge in [-0.3, -0.25) is 0 Å². The van der Waals surface area contributed by atoms with Crippen LogP contribution in [0.1, 0.15) is 49.7 Å². The Morgan fingerprint density at radius 1 is 1.11 bits per heavy atom. The molecule has 1 aromatic heterocycles. The van der Waals surface area contributed by atoms with Crippen LogP contribution in [0.15, 0.2) is 4.52 Å². The zero-order valence-corrected chi connectivity index (χ0v) is 11.4. The maximum Gasteiger partial charge on any atom is 0.229 e. The van der Waals surface area contributed by atoms with Gasteiger partial charge in [-0.25, -0.2) is 0 Å². The van der Waals surface area contributed by atoms with Crippen molar-refractivity contribution in [2.45, 2.75) is 44.4 Å². The first kappa shape index (κ1) is 13.1. The third-order valence-corrected chi connectivity index (χ3v) is 4.51. The van der Waals surface area contributed by atoms with Gasteiger partial charge in [0.25, 0.3) is 0 Å². The van der Waals surface area contributed by atoms with E-state index in [0.717, 1.165) is 57.2 Å². The van der Waals surface area contributed by atoms with Crippen molar-refractivity contribution in [3.63, 3.8) is 0 Å². The maximum absolute atomic E-state index is 5.72. The molecule has 1 aliphatic carbocycles. The molecule has 0 amide bonds. The zero-order chi connectivity index (χ0) is 13.1. The average molecular weight is 265 g/mol. The van der Waals surface area contributed by atoms with E-state index >= 15 is 0 Å². The summed E-state index contributed by atoms with van der Waals surface area (Å²) in [4.78, 5) is 4.58. The lowest BCUT2D eigenvalue weighted by molar-refractivity contribution is 0.185. The summed E-state index contributed by atoms with van der Waals surface area (Å²) in [5.74, 6) is 3.40. The van der Waals surface area contributed by atoms with Crippen LogP contribution in [0.25, 0.3) is 0 Å². The molecule has 0 aromatic carbocycles. The lowest BCUT2D eigenvalue weighted by Crippen LogP contribution is -2.20. The minimum absolute atomic E-state index is 0.448. The largest absolute Gasteiger partial charge is 0.381 e. The van der Waals surface area contributed by atoms with Gasteiger partial charge < -0.3 is 15.0 Å². The van der Waals surface area contributed by atoms with Gasteiger partial charge in [0.2, 0.25) is 5.89 Å². The number of nitrogens with two attached hydrogens (primary N) is 1. The molecule has 2 N–H and O–H groups in total. The van der Waals surface area contributed by atoms with E-state index in [4.69, 9.17) is 15.0 Å². The zero-order valence-electron chi connectivity index (χ0n) is 11.4. The smallest absolute Gasteiger partial charge is 0.229 e. The highest BCUT2D eigenvalue weighted by Gasteiger charge is 2.26. The van der Waals surface area contributed by atoms with Crippen LogP contribution in [0.3, 0.4) is 0 Å². The fraction of sp³-hybridized carbons (Fsp3) is 0.857. The first-order chi connectivity index (χ1) is 9.35. The molecule has 1 aliphatic heterocycles. The average Bonchev–Trinajstić information content (AvgIpc) is 3.11. The van der Waals surface area contributed by atoms with E-state index < -0.39 is 0 Å². The van der Waals surface area contributed by atoms with E-state index in [1.807, 2.05) is 0 Å². The van der Waals surface area contributed by atoms with Gasteiger partial charge in [-0.05, 0) is 50.5 Å². The van der Waals surface area contributed by atoms with Gasteiger partial charge in [0.05, 0.1) is 0 Å². The van der Waals surface area contributed by atoms with E-state index in [1.165, 1.54) is 12.8 Å². The van der Waals surface area contributed by atoms with E-state index in [1.54, 1.807) is 0 Å². The number of nitrogens with zero attached hydrogens (tertiary/aromatic N) is 2. The van der Waals surface area contributed by atoms with E-state index in [0.29, 0.717) is 17.8 Å². The number of aromatic nitrogens is 2. The quantitative estimate of drug-likeness (QED) is 0.899. The molecule has 0 bridgehead atoms. The van der Waals surface area contributed by atoms with Gasteiger partial charge >= 0.3 is 0 Å². The molecule has 2 heterocycles. The topological polar surface area (TPSA) is 74.2 Å². The van der Waals surface area contributed by atoms with Crippen LogP contribution in [0.2, 0.25) is 0 Å². The Morgan fingerprint density at radius 2 is 1.95 bits per heavy atom. The lowest BCUT2D eigenvalue weighted by atomic mass is 9.82. The summed E-state index contributed by atoms with van der Waals surface area (Å²) in [7, 11) is 0. The first-order valence-electron chi connectivity index (χ1n) is 7.45. The normalized spacial score (nSPS) is 31.7. The van der Waals surface area contributed by atoms with Gasteiger partial charge in [0, 0.05) is 25.6 Å². The highest BCUT2D eigenvalue weighted by molar-refractivity contribution is 4.97. The molecule has 1 unspecified atom stereocenters. The fourth-order valence-corrected chi connectivity index (χ4v) is 3.16. The molecule has 3 rings (SSSR count). The third-order valence-electron chi connectivity index (χ3n) is 4.51. The number of ether oxygens (including phenoxy) is 1. The fourth-order valence-electron chi connectivity index (χ4n) is 3.16. The van der Waals surface area contributed by atoms with Crippen molar-refractivity contribution in [1.29, 1.82) is 0 Å². The van der Waals surface area contributed by atoms with E-state index in [-0.39, 0.29) is 0 Å². The van der Waals surface area contributed by atoms with Gasteiger partial charge in [0.15, 0.2) is 5.82 Å². The van der Waals surface area contributed by atoms with Gasteiger partial charge in [-0.2, -0.15) is 4.98 Å². The molecule has 1 atom stereocenters. The molecule has 5 heteroatoms. The molecule has 19 heavy (non-hydrogen) atoms. The Balaban J connectivity index is 1.55. The van der Waals surface area contributed by atoms with Gasteiger partial charge in [-0.15, -0.1) is 0 Å². The van der Waals surface area contributed by atoms with Crippen LogP contribution in [0.5, 0.6) is 0 Å². The number of hydrogen-bond donors (Lipinski definition) is 1. The lowest BCUT2D eigenvalue weighted by Gasteiger charge is -2.24. The molecule has 1 aromatic rings. The predicted molar refractivity (Wildman–Crippen MR) is 70.7 cm³/mol. The summed E-state index contributed by atoms with van der Waals surface area (Å²) in [6.45, 7) is 2.52. The third kappa shape index (κ3) is 3.15. The molecule has 2 fully saturated rings. The second-order valence-electron chi connectivity index (χ2n) is 5.94. The van der Waals surface area contributed by atoms with Crippen LogP contribution in [-0.4, -0.2) is 29.9 Å². The van der Waals surface area contributed by atoms with Crippen molar-refractivity contribution in [3.05, 3.63) is 11.7 Å². The molecular formula is C14H23N3O2. The molecule has 2 aliphatic rings. The van der Waals surface area contributed by atoms with Crippen LogP contribution in [-0.2, 0) is 11.2 Å². The Morgan fingerprint density at radius 3 is 2.63 bits per heavy atom.